The Morgan fingerprint density at radius 3 is 2.79 bits per heavy atom. The Bertz CT molecular complexity index is 429. The maximum atomic E-state index is 11.9. The third-order valence-corrected chi connectivity index (χ3v) is 3.90. The van der Waals surface area contributed by atoms with Crippen LogP contribution >= 0.6 is 0 Å². The summed E-state index contributed by atoms with van der Waals surface area (Å²) in [5.41, 5.74) is 7.46. The summed E-state index contributed by atoms with van der Waals surface area (Å²) in [6.07, 6.45) is 4.40. The first kappa shape index (κ1) is 14.0. The molecule has 1 fully saturated rings. The topological polar surface area (TPSA) is 58.4 Å². The van der Waals surface area contributed by atoms with Crippen molar-refractivity contribution in [1.29, 1.82) is 0 Å². The molecule has 0 unspecified atom stereocenters. The van der Waals surface area contributed by atoms with Crippen molar-refractivity contribution >= 4 is 11.6 Å². The lowest BCUT2D eigenvalue weighted by Gasteiger charge is -2.34. The van der Waals surface area contributed by atoms with Gasteiger partial charge in [-0.05, 0) is 31.5 Å². The van der Waals surface area contributed by atoms with E-state index >= 15 is 0 Å². The van der Waals surface area contributed by atoms with Gasteiger partial charge in [0.1, 0.15) is 0 Å². The molecule has 4 heteroatoms. The second-order valence-corrected chi connectivity index (χ2v) is 5.22. The number of nitrogens with zero attached hydrogens (tertiary/aromatic N) is 1. The molecule has 0 bridgehead atoms. The molecule has 0 aliphatic heterocycles. The van der Waals surface area contributed by atoms with Crippen LogP contribution in [0.1, 0.15) is 31.2 Å². The summed E-state index contributed by atoms with van der Waals surface area (Å²) in [4.78, 5) is 14.2. The summed E-state index contributed by atoms with van der Waals surface area (Å²) >= 11 is 0. The first-order valence-corrected chi connectivity index (χ1v) is 6.98. The van der Waals surface area contributed by atoms with E-state index in [9.17, 15) is 4.79 Å². The monoisotopic (exact) mass is 261 g/mol. The molecule has 0 radical (unpaired) electrons. The third-order valence-electron chi connectivity index (χ3n) is 3.90. The summed E-state index contributed by atoms with van der Waals surface area (Å²) in [6, 6.07) is 8.37. The molecular weight excluding hydrogens is 238 g/mol. The molecule has 0 aromatic heterocycles. The van der Waals surface area contributed by atoms with Crippen LogP contribution in [0.4, 0.5) is 5.69 Å². The molecule has 1 aliphatic carbocycles. The summed E-state index contributed by atoms with van der Waals surface area (Å²) in [5.74, 6) is 0.0621. The standard InChI is InChI=1S/C15H23N3O/c1-18(13-6-4-7-13)10-9-15(19)17-14-8-3-2-5-12(14)11-16/h2-3,5,8,13H,4,6-7,9-11,16H2,1H3,(H,17,19). The van der Waals surface area contributed by atoms with Crippen LogP contribution < -0.4 is 11.1 Å². The third kappa shape index (κ3) is 3.78. The number of hydrogen-bond acceptors (Lipinski definition) is 3. The number of carbonyl (C=O) groups is 1. The number of hydrogen-bond donors (Lipinski definition) is 2. The van der Waals surface area contributed by atoms with Crippen LogP contribution in [0.2, 0.25) is 0 Å². The molecular formula is C15H23N3O. The van der Waals surface area contributed by atoms with Gasteiger partial charge < -0.3 is 16.0 Å². The smallest absolute Gasteiger partial charge is 0.225 e. The van der Waals surface area contributed by atoms with Crippen LogP contribution in [0.3, 0.4) is 0 Å². The van der Waals surface area contributed by atoms with Gasteiger partial charge >= 0.3 is 0 Å². The van der Waals surface area contributed by atoms with Gasteiger partial charge in [-0.1, -0.05) is 24.6 Å². The highest BCUT2D eigenvalue weighted by Gasteiger charge is 2.21. The van der Waals surface area contributed by atoms with Crippen LogP contribution in [-0.2, 0) is 11.3 Å². The zero-order valence-corrected chi connectivity index (χ0v) is 11.6. The number of rotatable bonds is 6. The Kier molecular flexibility index (Phi) is 4.93. The fourth-order valence-corrected chi connectivity index (χ4v) is 2.32. The van der Waals surface area contributed by atoms with Crippen LogP contribution in [0.5, 0.6) is 0 Å². The maximum absolute atomic E-state index is 11.9. The predicted octanol–water partition coefficient (Wildman–Crippen LogP) is 1.96. The lowest BCUT2D eigenvalue weighted by atomic mass is 9.92. The van der Waals surface area contributed by atoms with E-state index in [4.69, 9.17) is 5.73 Å². The number of anilines is 1. The molecule has 1 saturated carbocycles. The van der Waals surface area contributed by atoms with E-state index in [0.29, 0.717) is 19.0 Å². The van der Waals surface area contributed by atoms with Crippen molar-refractivity contribution in [3.05, 3.63) is 29.8 Å². The van der Waals surface area contributed by atoms with Gasteiger partial charge in [0.2, 0.25) is 5.91 Å². The van der Waals surface area contributed by atoms with Crippen molar-refractivity contribution in [3.8, 4) is 0 Å². The predicted molar refractivity (Wildman–Crippen MR) is 77.8 cm³/mol. The maximum Gasteiger partial charge on any atom is 0.225 e. The molecule has 0 saturated heterocycles. The van der Waals surface area contributed by atoms with Gasteiger partial charge in [0.25, 0.3) is 0 Å². The molecule has 104 valence electrons. The van der Waals surface area contributed by atoms with E-state index in [-0.39, 0.29) is 5.91 Å². The average molecular weight is 261 g/mol. The Balaban J connectivity index is 1.80. The highest BCUT2D eigenvalue weighted by molar-refractivity contribution is 5.91. The normalized spacial score (nSPS) is 15.3. The molecule has 0 atom stereocenters. The van der Waals surface area contributed by atoms with Gasteiger partial charge in [0.05, 0.1) is 0 Å². The van der Waals surface area contributed by atoms with Crippen molar-refractivity contribution in [2.75, 3.05) is 18.9 Å². The Morgan fingerprint density at radius 2 is 2.16 bits per heavy atom. The summed E-state index contributed by atoms with van der Waals surface area (Å²) in [7, 11) is 2.10. The zero-order chi connectivity index (χ0) is 13.7. The fourth-order valence-electron chi connectivity index (χ4n) is 2.32. The Hall–Kier alpha value is -1.39. The van der Waals surface area contributed by atoms with E-state index in [2.05, 4.69) is 17.3 Å². The van der Waals surface area contributed by atoms with Crippen molar-refractivity contribution in [1.82, 2.24) is 4.90 Å². The number of para-hydroxylation sites is 1. The van der Waals surface area contributed by atoms with Crippen LogP contribution in [-0.4, -0.2) is 30.4 Å². The van der Waals surface area contributed by atoms with E-state index in [1.807, 2.05) is 24.3 Å². The molecule has 1 aromatic rings. The zero-order valence-electron chi connectivity index (χ0n) is 11.6. The summed E-state index contributed by atoms with van der Waals surface area (Å²) < 4.78 is 0. The van der Waals surface area contributed by atoms with Gasteiger partial charge in [0, 0.05) is 31.2 Å². The first-order valence-electron chi connectivity index (χ1n) is 6.98. The minimum atomic E-state index is 0.0621. The number of carbonyl (C=O) groups excluding carboxylic acids is 1. The van der Waals surface area contributed by atoms with E-state index < -0.39 is 0 Å². The number of amides is 1. The molecule has 19 heavy (non-hydrogen) atoms. The van der Waals surface area contributed by atoms with Gasteiger partial charge in [-0.3, -0.25) is 4.79 Å². The number of nitrogens with one attached hydrogen (secondary N) is 1. The number of nitrogens with two attached hydrogens (primary N) is 1. The second kappa shape index (κ2) is 6.68. The van der Waals surface area contributed by atoms with Crippen LogP contribution in [0.25, 0.3) is 0 Å². The van der Waals surface area contributed by atoms with E-state index in [1.54, 1.807) is 0 Å². The lowest BCUT2D eigenvalue weighted by Crippen LogP contribution is -2.38. The highest BCUT2D eigenvalue weighted by atomic mass is 16.1. The fraction of sp³-hybridized carbons (Fsp3) is 0.533. The second-order valence-electron chi connectivity index (χ2n) is 5.22. The lowest BCUT2D eigenvalue weighted by molar-refractivity contribution is -0.116. The largest absolute Gasteiger partial charge is 0.326 e. The van der Waals surface area contributed by atoms with Crippen LogP contribution in [0, 0.1) is 0 Å². The van der Waals surface area contributed by atoms with Crippen LogP contribution in [0.15, 0.2) is 24.3 Å². The molecule has 1 aliphatic rings. The van der Waals surface area contributed by atoms with E-state index in [0.717, 1.165) is 17.8 Å². The van der Waals surface area contributed by atoms with Crippen molar-refractivity contribution in [2.24, 2.45) is 5.73 Å². The van der Waals surface area contributed by atoms with Crippen molar-refractivity contribution < 1.29 is 4.79 Å². The Morgan fingerprint density at radius 1 is 1.42 bits per heavy atom. The molecule has 0 spiro atoms. The van der Waals surface area contributed by atoms with E-state index in [1.165, 1.54) is 19.3 Å². The summed E-state index contributed by atoms with van der Waals surface area (Å²) in [5, 5.41) is 2.95. The Labute approximate surface area is 115 Å². The first-order chi connectivity index (χ1) is 9.20. The van der Waals surface area contributed by atoms with Gasteiger partial charge in [-0.2, -0.15) is 0 Å². The molecule has 4 nitrogen and oxygen atoms in total. The van der Waals surface area contributed by atoms with Crippen molar-refractivity contribution in [2.45, 2.75) is 38.3 Å². The molecule has 3 N–H and O–H groups in total. The highest BCUT2D eigenvalue weighted by Crippen LogP contribution is 2.23. The summed E-state index contributed by atoms with van der Waals surface area (Å²) in [6.45, 7) is 1.26. The van der Waals surface area contributed by atoms with Gasteiger partial charge in [-0.15, -0.1) is 0 Å². The van der Waals surface area contributed by atoms with Gasteiger partial charge in [0.15, 0.2) is 0 Å². The van der Waals surface area contributed by atoms with Crippen molar-refractivity contribution in [3.63, 3.8) is 0 Å². The minimum Gasteiger partial charge on any atom is -0.326 e. The van der Waals surface area contributed by atoms with Gasteiger partial charge in [-0.25, -0.2) is 0 Å². The molecule has 0 heterocycles. The molecule has 1 aromatic carbocycles. The SMILES string of the molecule is CN(CCC(=O)Nc1ccccc1CN)C1CCC1. The average Bonchev–Trinajstić information content (AvgIpc) is 2.35. The molecule has 1 amide bonds. The number of benzene rings is 1. The minimum absolute atomic E-state index is 0.0621. The quantitative estimate of drug-likeness (QED) is 0.823. The molecule has 2 rings (SSSR count).